The standard InChI is InChI=1S/C3H4N2.4C2H4O2/c1-2-5-3-4-1;4*1-2(3)4/h1-3H,(H,4,5);4*1H3,(H,3,4). The zero-order valence-electron chi connectivity index (χ0n) is 12.1. The summed E-state index contributed by atoms with van der Waals surface area (Å²) in [5, 5.41) is 29.7. The van der Waals surface area contributed by atoms with Crippen LogP contribution in [0.25, 0.3) is 0 Å². The van der Waals surface area contributed by atoms with Crippen LogP contribution in [0.4, 0.5) is 0 Å². The molecule has 0 atom stereocenters. The van der Waals surface area contributed by atoms with Crippen LogP contribution in [0, 0.1) is 0 Å². The number of carbonyl (C=O) groups is 4. The molecule has 0 aliphatic rings. The highest BCUT2D eigenvalue weighted by atomic mass is 16.4. The lowest BCUT2D eigenvalue weighted by Crippen LogP contribution is -1.78. The molecule has 0 aromatic carbocycles. The van der Waals surface area contributed by atoms with Gasteiger partial charge in [-0.2, -0.15) is 0 Å². The Kier molecular flexibility index (Phi) is 28.2. The molecule has 0 fully saturated rings. The lowest BCUT2D eigenvalue weighted by Gasteiger charge is -1.59. The molecule has 1 rings (SSSR count). The fourth-order valence-electron chi connectivity index (χ4n) is 0.215. The molecule has 21 heavy (non-hydrogen) atoms. The van der Waals surface area contributed by atoms with Gasteiger partial charge in [-0.1, -0.05) is 0 Å². The minimum atomic E-state index is -0.833. The van der Waals surface area contributed by atoms with Crippen LogP contribution in [0.3, 0.4) is 0 Å². The minimum absolute atomic E-state index is 0.833. The molecule has 0 aliphatic heterocycles. The summed E-state index contributed by atoms with van der Waals surface area (Å²) in [5.41, 5.74) is 0. The number of aliphatic carboxylic acids is 4. The van der Waals surface area contributed by atoms with Crippen LogP contribution in [-0.2, 0) is 19.2 Å². The van der Waals surface area contributed by atoms with Crippen molar-refractivity contribution in [3.8, 4) is 0 Å². The van der Waals surface area contributed by atoms with Gasteiger partial charge < -0.3 is 25.4 Å². The molecule has 1 aromatic heterocycles. The van der Waals surface area contributed by atoms with E-state index in [4.69, 9.17) is 39.6 Å². The molecule has 0 saturated carbocycles. The SMILES string of the molecule is CC(=O)O.CC(=O)O.CC(=O)O.CC(=O)O.c1c[nH]cn1. The summed E-state index contributed by atoms with van der Waals surface area (Å²) in [7, 11) is 0. The predicted octanol–water partition coefficient (Wildman–Crippen LogP) is 0.773. The molecule has 0 saturated heterocycles. The molecule has 1 aromatic rings. The minimum Gasteiger partial charge on any atom is -0.481 e. The van der Waals surface area contributed by atoms with Crippen molar-refractivity contribution in [1.29, 1.82) is 0 Å². The number of aromatic nitrogens is 2. The van der Waals surface area contributed by atoms with Gasteiger partial charge in [-0.25, -0.2) is 4.98 Å². The lowest BCUT2D eigenvalue weighted by molar-refractivity contribution is -0.135. The maximum Gasteiger partial charge on any atom is 0.300 e. The van der Waals surface area contributed by atoms with E-state index in [-0.39, 0.29) is 0 Å². The van der Waals surface area contributed by atoms with E-state index in [0.717, 1.165) is 27.7 Å². The van der Waals surface area contributed by atoms with Crippen molar-refractivity contribution in [3.05, 3.63) is 18.7 Å². The first-order valence-electron chi connectivity index (χ1n) is 5.14. The summed E-state index contributed by atoms with van der Waals surface area (Å²) in [5.74, 6) is -3.33. The number of rotatable bonds is 0. The zero-order valence-corrected chi connectivity index (χ0v) is 12.1. The van der Waals surface area contributed by atoms with E-state index in [9.17, 15) is 0 Å². The van der Waals surface area contributed by atoms with E-state index in [1.807, 2.05) is 0 Å². The second-order valence-corrected chi connectivity index (χ2v) is 2.84. The van der Waals surface area contributed by atoms with Crippen LogP contribution in [0.1, 0.15) is 27.7 Å². The number of H-pyrrole nitrogens is 1. The number of hydrogen-bond acceptors (Lipinski definition) is 5. The van der Waals surface area contributed by atoms with Gasteiger partial charge >= 0.3 is 0 Å². The summed E-state index contributed by atoms with van der Waals surface area (Å²) < 4.78 is 0. The molecule has 0 spiro atoms. The maximum atomic E-state index is 9.00. The number of nitrogens with zero attached hydrogens (tertiary/aromatic N) is 1. The fourth-order valence-corrected chi connectivity index (χ4v) is 0.215. The second-order valence-electron chi connectivity index (χ2n) is 2.84. The number of hydrogen-bond donors (Lipinski definition) is 5. The Balaban J connectivity index is -0.0000000866. The zero-order chi connectivity index (χ0) is 17.8. The average molecular weight is 308 g/mol. The fraction of sp³-hybridized carbons (Fsp3) is 0.364. The third kappa shape index (κ3) is 891. The molecule has 10 nitrogen and oxygen atoms in total. The Hall–Kier alpha value is -2.91. The Morgan fingerprint density at radius 3 is 1.05 bits per heavy atom. The van der Waals surface area contributed by atoms with Crippen molar-refractivity contribution in [2.45, 2.75) is 27.7 Å². The summed E-state index contributed by atoms with van der Waals surface area (Å²) in [6, 6.07) is 0. The Bertz CT molecular complexity index is 294. The normalized spacial score (nSPS) is 6.67. The number of nitrogens with one attached hydrogen (secondary N) is 1. The van der Waals surface area contributed by atoms with Crippen LogP contribution in [-0.4, -0.2) is 54.3 Å². The lowest BCUT2D eigenvalue weighted by atomic mass is 10.9. The summed E-state index contributed by atoms with van der Waals surface area (Å²) in [6.07, 6.45) is 5.08. The molecule has 0 aliphatic carbocycles. The van der Waals surface area contributed by atoms with Crippen molar-refractivity contribution in [2.24, 2.45) is 0 Å². The summed E-state index contributed by atoms with van der Waals surface area (Å²) in [6.45, 7) is 4.33. The van der Waals surface area contributed by atoms with E-state index in [2.05, 4.69) is 9.97 Å². The van der Waals surface area contributed by atoms with Gasteiger partial charge in [-0.05, 0) is 0 Å². The smallest absolute Gasteiger partial charge is 0.300 e. The van der Waals surface area contributed by atoms with Crippen LogP contribution >= 0.6 is 0 Å². The van der Waals surface area contributed by atoms with Crippen molar-refractivity contribution < 1.29 is 39.6 Å². The first-order chi connectivity index (χ1) is 9.43. The highest BCUT2D eigenvalue weighted by Crippen LogP contribution is 1.62. The number of carboxylic acid groups (broad SMARTS) is 4. The second kappa shape index (κ2) is 22.3. The molecule has 122 valence electrons. The van der Waals surface area contributed by atoms with Crippen molar-refractivity contribution in [1.82, 2.24) is 9.97 Å². The van der Waals surface area contributed by atoms with Crippen molar-refractivity contribution >= 4 is 23.9 Å². The quantitative estimate of drug-likeness (QED) is 0.462. The average Bonchev–Trinajstić information content (AvgIpc) is 2.68. The molecular formula is C11H20N2O8. The molecule has 0 amide bonds. The first kappa shape index (κ1) is 26.6. The third-order valence-corrected chi connectivity index (χ3v) is 0.406. The van der Waals surface area contributed by atoms with Crippen LogP contribution < -0.4 is 0 Å². The monoisotopic (exact) mass is 308 g/mol. The highest BCUT2D eigenvalue weighted by molar-refractivity contribution is 5.63. The molecule has 1 heterocycles. The van der Waals surface area contributed by atoms with Crippen molar-refractivity contribution in [2.75, 3.05) is 0 Å². The Labute approximate surface area is 121 Å². The molecule has 0 unspecified atom stereocenters. The maximum absolute atomic E-state index is 9.00. The highest BCUT2D eigenvalue weighted by Gasteiger charge is 1.66. The van der Waals surface area contributed by atoms with Crippen LogP contribution in [0.15, 0.2) is 18.7 Å². The number of aromatic amines is 1. The number of imidazole rings is 1. The summed E-state index contributed by atoms with van der Waals surface area (Å²) >= 11 is 0. The summed E-state index contributed by atoms with van der Waals surface area (Å²) in [4.78, 5) is 42.4. The molecule has 5 N–H and O–H groups in total. The van der Waals surface area contributed by atoms with Gasteiger partial charge in [0.15, 0.2) is 0 Å². The van der Waals surface area contributed by atoms with E-state index < -0.39 is 23.9 Å². The van der Waals surface area contributed by atoms with Gasteiger partial charge in [0.25, 0.3) is 23.9 Å². The Morgan fingerprint density at radius 1 is 0.762 bits per heavy atom. The largest absolute Gasteiger partial charge is 0.481 e. The Morgan fingerprint density at radius 2 is 1.00 bits per heavy atom. The molecule has 0 bridgehead atoms. The van der Waals surface area contributed by atoms with Crippen molar-refractivity contribution in [3.63, 3.8) is 0 Å². The van der Waals surface area contributed by atoms with Crippen LogP contribution in [0.5, 0.6) is 0 Å². The topological polar surface area (TPSA) is 178 Å². The molecular weight excluding hydrogens is 288 g/mol. The number of carboxylic acids is 4. The molecule has 10 heteroatoms. The predicted molar refractivity (Wildman–Crippen MR) is 71.8 cm³/mol. The van der Waals surface area contributed by atoms with Gasteiger partial charge in [0.1, 0.15) is 0 Å². The van der Waals surface area contributed by atoms with Gasteiger partial charge in [0.05, 0.1) is 6.33 Å². The van der Waals surface area contributed by atoms with E-state index in [1.165, 1.54) is 0 Å². The first-order valence-corrected chi connectivity index (χ1v) is 5.14. The van der Waals surface area contributed by atoms with Gasteiger partial charge in [0.2, 0.25) is 0 Å². The molecule has 0 radical (unpaired) electrons. The van der Waals surface area contributed by atoms with Gasteiger partial charge in [-0.3, -0.25) is 19.2 Å². The van der Waals surface area contributed by atoms with Crippen LogP contribution in [0.2, 0.25) is 0 Å². The van der Waals surface area contributed by atoms with E-state index >= 15 is 0 Å². The van der Waals surface area contributed by atoms with Gasteiger partial charge in [0, 0.05) is 40.1 Å². The van der Waals surface area contributed by atoms with E-state index in [0.29, 0.717) is 0 Å². The third-order valence-electron chi connectivity index (χ3n) is 0.406. The van der Waals surface area contributed by atoms with E-state index in [1.54, 1.807) is 18.7 Å². The van der Waals surface area contributed by atoms with Gasteiger partial charge in [-0.15, -0.1) is 0 Å².